The number of aliphatic imine (C=N–C) groups is 1. The van der Waals surface area contributed by atoms with E-state index in [0.717, 1.165) is 32.0 Å². The Morgan fingerprint density at radius 2 is 2.06 bits per heavy atom. The summed E-state index contributed by atoms with van der Waals surface area (Å²) >= 11 is 0. The average Bonchev–Trinajstić information content (AvgIpc) is 2.32. The highest BCUT2D eigenvalue weighted by Gasteiger charge is 2.10. The molecule has 0 heterocycles. The lowest BCUT2D eigenvalue weighted by Crippen LogP contribution is -2.46. The third-order valence-electron chi connectivity index (χ3n) is 2.59. The van der Waals surface area contributed by atoms with E-state index in [1.165, 1.54) is 0 Å². The second-order valence-corrected chi connectivity index (χ2v) is 4.64. The average molecular weight is 259 g/mol. The van der Waals surface area contributed by atoms with Crippen molar-refractivity contribution in [2.75, 3.05) is 47.4 Å². The predicted molar refractivity (Wildman–Crippen MR) is 76.5 cm³/mol. The number of guanidine groups is 1. The summed E-state index contributed by atoms with van der Waals surface area (Å²) in [6.45, 7) is 7.59. The van der Waals surface area contributed by atoms with Gasteiger partial charge in [0.25, 0.3) is 0 Å². The molecule has 0 bridgehead atoms. The molecule has 108 valence electrons. The van der Waals surface area contributed by atoms with E-state index >= 15 is 0 Å². The molecule has 0 aromatic rings. The summed E-state index contributed by atoms with van der Waals surface area (Å²) in [5.74, 6) is 6.29. The fourth-order valence-electron chi connectivity index (χ4n) is 1.69. The van der Waals surface area contributed by atoms with Gasteiger partial charge in [0.05, 0.1) is 12.6 Å². The fraction of sp³-hybridized carbons (Fsp3) is 0.917. The van der Waals surface area contributed by atoms with E-state index in [4.69, 9.17) is 10.6 Å². The molecule has 3 N–H and O–H groups in total. The van der Waals surface area contributed by atoms with Gasteiger partial charge in [0.2, 0.25) is 5.96 Å². The molecule has 0 saturated heterocycles. The summed E-state index contributed by atoms with van der Waals surface area (Å²) < 4.78 is 5.07. The van der Waals surface area contributed by atoms with Crippen molar-refractivity contribution in [3.63, 3.8) is 0 Å². The Morgan fingerprint density at radius 3 is 2.50 bits per heavy atom. The van der Waals surface area contributed by atoms with Crippen LogP contribution in [0.4, 0.5) is 0 Å². The zero-order chi connectivity index (χ0) is 14.0. The number of methoxy groups -OCH3 is 1. The van der Waals surface area contributed by atoms with Crippen LogP contribution >= 0.6 is 0 Å². The Kier molecular flexibility index (Phi) is 9.63. The minimum atomic E-state index is 0.101. The highest BCUT2D eigenvalue weighted by atomic mass is 16.5. The second-order valence-electron chi connectivity index (χ2n) is 4.64. The van der Waals surface area contributed by atoms with Crippen molar-refractivity contribution in [2.45, 2.75) is 26.3 Å². The van der Waals surface area contributed by atoms with Gasteiger partial charge in [-0.25, -0.2) is 10.8 Å². The number of ether oxygens (including phenoxy) is 1. The van der Waals surface area contributed by atoms with E-state index in [0.29, 0.717) is 6.61 Å². The smallest absolute Gasteiger partial charge is 0.208 e. The van der Waals surface area contributed by atoms with Gasteiger partial charge in [0, 0.05) is 20.2 Å². The molecule has 0 aliphatic carbocycles. The number of rotatable bonds is 8. The summed E-state index contributed by atoms with van der Waals surface area (Å²) in [4.78, 5) is 8.84. The van der Waals surface area contributed by atoms with Gasteiger partial charge in [-0.2, -0.15) is 0 Å². The van der Waals surface area contributed by atoms with Crippen LogP contribution < -0.4 is 11.3 Å². The van der Waals surface area contributed by atoms with Crippen LogP contribution in [-0.4, -0.2) is 69.2 Å². The number of hydrogen-bond donors (Lipinski definition) is 2. The van der Waals surface area contributed by atoms with Crippen molar-refractivity contribution in [2.24, 2.45) is 10.8 Å². The number of hydrazine groups is 1. The lowest BCUT2D eigenvalue weighted by molar-refractivity contribution is 0.185. The topological polar surface area (TPSA) is 66.1 Å². The number of nitrogens with two attached hydrogens (primary N) is 1. The molecule has 0 aromatic heterocycles. The molecule has 0 amide bonds. The third-order valence-corrected chi connectivity index (χ3v) is 2.59. The number of nitrogens with zero attached hydrogens (tertiary/aromatic N) is 3. The van der Waals surface area contributed by atoms with E-state index in [1.54, 1.807) is 7.11 Å². The Labute approximate surface area is 111 Å². The van der Waals surface area contributed by atoms with Gasteiger partial charge >= 0.3 is 0 Å². The molecule has 1 atom stereocenters. The van der Waals surface area contributed by atoms with Crippen molar-refractivity contribution >= 4 is 5.96 Å². The summed E-state index contributed by atoms with van der Waals surface area (Å²) in [6.07, 6.45) is 1.08. The summed E-state index contributed by atoms with van der Waals surface area (Å²) in [5, 5.41) is 0. The predicted octanol–water partition coefficient (Wildman–Crippen LogP) is 0.114. The van der Waals surface area contributed by atoms with Crippen molar-refractivity contribution in [3.8, 4) is 0 Å². The first-order chi connectivity index (χ1) is 8.54. The van der Waals surface area contributed by atoms with Crippen LogP contribution in [0.25, 0.3) is 0 Å². The van der Waals surface area contributed by atoms with E-state index < -0.39 is 0 Å². The van der Waals surface area contributed by atoms with E-state index in [-0.39, 0.29) is 6.04 Å². The molecule has 0 aromatic carbocycles. The Balaban J connectivity index is 4.37. The highest BCUT2D eigenvalue weighted by molar-refractivity contribution is 5.79. The summed E-state index contributed by atoms with van der Waals surface area (Å²) in [5.41, 5.74) is 2.69. The molecule has 0 rings (SSSR count). The standard InChI is InChI=1S/C12H29N5O/c1-6-17(9-7-8-16(3)4)12(15-13)14-11(2)10-18-5/h11H,6-10,13H2,1-5H3,(H,14,15). The third kappa shape index (κ3) is 7.47. The molecular weight excluding hydrogens is 230 g/mol. The van der Waals surface area contributed by atoms with Gasteiger partial charge in [-0.05, 0) is 40.9 Å². The first-order valence-corrected chi connectivity index (χ1v) is 6.48. The van der Waals surface area contributed by atoms with Crippen molar-refractivity contribution < 1.29 is 4.74 Å². The molecular formula is C12H29N5O. The maximum absolute atomic E-state index is 5.55. The van der Waals surface area contributed by atoms with Crippen LogP contribution in [0, 0.1) is 0 Å². The van der Waals surface area contributed by atoms with Crippen LogP contribution in [-0.2, 0) is 4.74 Å². The number of nitrogens with one attached hydrogen (secondary N) is 1. The van der Waals surface area contributed by atoms with E-state index in [2.05, 4.69) is 41.2 Å². The van der Waals surface area contributed by atoms with Crippen LogP contribution in [0.3, 0.4) is 0 Å². The van der Waals surface area contributed by atoms with Crippen LogP contribution in [0.15, 0.2) is 4.99 Å². The van der Waals surface area contributed by atoms with Gasteiger partial charge in [0.15, 0.2) is 0 Å². The van der Waals surface area contributed by atoms with Gasteiger partial charge in [0.1, 0.15) is 0 Å². The number of hydrogen-bond acceptors (Lipinski definition) is 4. The molecule has 6 nitrogen and oxygen atoms in total. The largest absolute Gasteiger partial charge is 0.382 e. The van der Waals surface area contributed by atoms with Gasteiger partial charge in [-0.15, -0.1) is 0 Å². The van der Waals surface area contributed by atoms with Gasteiger partial charge in [-0.3, -0.25) is 5.43 Å². The lowest BCUT2D eigenvalue weighted by Gasteiger charge is -2.25. The van der Waals surface area contributed by atoms with Crippen molar-refractivity contribution in [1.82, 2.24) is 15.2 Å². The first-order valence-electron chi connectivity index (χ1n) is 6.48. The summed E-state index contributed by atoms with van der Waals surface area (Å²) in [6, 6.07) is 0.101. The van der Waals surface area contributed by atoms with Crippen molar-refractivity contribution in [1.29, 1.82) is 0 Å². The Bertz CT molecular complexity index is 233. The van der Waals surface area contributed by atoms with Crippen LogP contribution in [0.1, 0.15) is 20.3 Å². The molecule has 0 radical (unpaired) electrons. The van der Waals surface area contributed by atoms with E-state index in [9.17, 15) is 0 Å². The maximum atomic E-state index is 5.55. The van der Waals surface area contributed by atoms with Crippen LogP contribution in [0.2, 0.25) is 0 Å². The Morgan fingerprint density at radius 1 is 1.39 bits per heavy atom. The molecule has 0 fully saturated rings. The molecule has 1 unspecified atom stereocenters. The monoisotopic (exact) mass is 259 g/mol. The molecule has 0 saturated carbocycles. The quantitative estimate of drug-likeness (QED) is 0.280. The zero-order valence-corrected chi connectivity index (χ0v) is 12.4. The molecule has 6 heteroatoms. The second kappa shape index (κ2) is 10.1. The molecule has 0 aliphatic rings. The first kappa shape index (κ1) is 17.2. The lowest BCUT2D eigenvalue weighted by atomic mass is 10.3. The fourth-order valence-corrected chi connectivity index (χ4v) is 1.69. The minimum absolute atomic E-state index is 0.101. The van der Waals surface area contributed by atoms with E-state index in [1.807, 2.05) is 6.92 Å². The van der Waals surface area contributed by atoms with Crippen LogP contribution in [0.5, 0.6) is 0 Å². The highest BCUT2D eigenvalue weighted by Crippen LogP contribution is 1.97. The minimum Gasteiger partial charge on any atom is -0.382 e. The zero-order valence-electron chi connectivity index (χ0n) is 12.4. The molecule has 18 heavy (non-hydrogen) atoms. The SMILES string of the molecule is CCN(CCCN(C)C)C(=NC(C)COC)NN. The van der Waals surface area contributed by atoms with Gasteiger partial charge < -0.3 is 14.5 Å². The van der Waals surface area contributed by atoms with Crippen molar-refractivity contribution in [3.05, 3.63) is 0 Å². The molecule has 0 aliphatic heterocycles. The maximum Gasteiger partial charge on any atom is 0.208 e. The Hall–Kier alpha value is -0.850. The normalized spacial score (nSPS) is 13.8. The summed E-state index contributed by atoms with van der Waals surface area (Å²) in [7, 11) is 5.83. The van der Waals surface area contributed by atoms with Gasteiger partial charge in [-0.1, -0.05) is 0 Å². The molecule has 0 spiro atoms.